The Bertz CT molecular complexity index is 185. The molecule has 1 aliphatic heterocycles. The lowest BCUT2D eigenvalue weighted by atomic mass is 10.1. The van der Waals surface area contributed by atoms with Gasteiger partial charge < -0.3 is 15.0 Å². The fraction of sp³-hybridized carbons (Fsp3) is 0.900. The molecule has 1 saturated heterocycles. The first-order valence-electron chi connectivity index (χ1n) is 5.31. The Kier molecular flexibility index (Phi) is 4.90. The lowest BCUT2D eigenvalue weighted by Crippen LogP contribution is -2.49. The van der Waals surface area contributed by atoms with Gasteiger partial charge in [0.25, 0.3) is 0 Å². The maximum atomic E-state index is 11.6. The van der Waals surface area contributed by atoms with Gasteiger partial charge in [-0.3, -0.25) is 4.79 Å². The molecule has 1 atom stereocenters. The Labute approximate surface area is 85.6 Å². The monoisotopic (exact) mass is 200 g/mol. The summed E-state index contributed by atoms with van der Waals surface area (Å²) < 4.78 is 5.38. The first-order valence-corrected chi connectivity index (χ1v) is 5.31. The van der Waals surface area contributed by atoms with Crippen LogP contribution in [0.15, 0.2) is 0 Å². The molecule has 0 aromatic heterocycles. The third kappa shape index (κ3) is 2.96. The zero-order valence-electron chi connectivity index (χ0n) is 9.08. The van der Waals surface area contributed by atoms with Crippen molar-refractivity contribution in [1.29, 1.82) is 0 Å². The maximum Gasteiger partial charge on any atom is 0.222 e. The summed E-state index contributed by atoms with van der Waals surface area (Å²) in [7, 11) is 1.93. The van der Waals surface area contributed by atoms with Crippen LogP contribution in [0.2, 0.25) is 0 Å². The third-order valence-electron chi connectivity index (χ3n) is 2.58. The van der Waals surface area contributed by atoms with Crippen LogP contribution in [-0.2, 0) is 9.53 Å². The first kappa shape index (κ1) is 11.5. The summed E-state index contributed by atoms with van der Waals surface area (Å²) in [6.07, 6.45) is 1.57. The van der Waals surface area contributed by atoms with Crippen LogP contribution >= 0.6 is 0 Å². The predicted octanol–water partition coefficient (Wildman–Crippen LogP) is 0.233. The Balaban J connectivity index is 2.45. The van der Waals surface area contributed by atoms with Gasteiger partial charge in [0.2, 0.25) is 5.91 Å². The first-order chi connectivity index (χ1) is 6.79. The van der Waals surface area contributed by atoms with E-state index in [0.717, 1.165) is 19.5 Å². The molecule has 4 heteroatoms. The summed E-state index contributed by atoms with van der Waals surface area (Å²) in [6, 6.07) is 0.267. The van der Waals surface area contributed by atoms with E-state index in [1.807, 2.05) is 18.9 Å². The van der Waals surface area contributed by atoms with Crippen molar-refractivity contribution >= 4 is 5.91 Å². The van der Waals surface area contributed by atoms with Crippen LogP contribution in [0.25, 0.3) is 0 Å². The Morgan fingerprint density at radius 3 is 3.07 bits per heavy atom. The molecule has 0 spiro atoms. The summed E-state index contributed by atoms with van der Waals surface area (Å²) in [5.74, 6) is 0.245. The molecule has 14 heavy (non-hydrogen) atoms. The van der Waals surface area contributed by atoms with Crippen molar-refractivity contribution in [2.75, 3.05) is 33.4 Å². The van der Waals surface area contributed by atoms with E-state index >= 15 is 0 Å². The van der Waals surface area contributed by atoms with Crippen LogP contribution in [0.3, 0.4) is 0 Å². The van der Waals surface area contributed by atoms with Crippen molar-refractivity contribution in [3.63, 3.8) is 0 Å². The number of nitrogens with one attached hydrogen (secondary N) is 1. The average Bonchev–Trinajstić information content (AvgIpc) is 2.25. The second-order valence-electron chi connectivity index (χ2n) is 3.56. The predicted molar refractivity (Wildman–Crippen MR) is 55.2 cm³/mol. The van der Waals surface area contributed by atoms with E-state index in [1.165, 1.54) is 0 Å². The molecule has 0 aliphatic carbocycles. The maximum absolute atomic E-state index is 11.6. The van der Waals surface area contributed by atoms with Crippen LogP contribution < -0.4 is 5.32 Å². The van der Waals surface area contributed by atoms with Crippen LogP contribution in [0.1, 0.15) is 19.8 Å². The van der Waals surface area contributed by atoms with Gasteiger partial charge in [-0.2, -0.15) is 0 Å². The lowest BCUT2D eigenvalue weighted by Gasteiger charge is -2.35. The summed E-state index contributed by atoms with van der Waals surface area (Å²) in [5, 5.41) is 3.10. The number of rotatable bonds is 4. The van der Waals surface area contributed by atoms with Crippen LogP contribution in [0.4, 0.5) is 0 Å². The third-order valence-corrected chi connectivity index (χ3v) is 2.58. The number of hydrogen-bond donors (Lipinski definition) is 1. The van der Waals surface area contributed by atoms with Crippen molar-refractivity contribution in [2.24, 2.45) is 0 Å². The molecule has 1 fully saturated rings. The molecule has 4 nitrogen and oxygen atoms in total. The molecular weight excluding hydrogens is 180 g/mol. The molecule has 1 aliphatic rings. The fourth-order valence-electron chi connectivity index (χ4n) is 1.74. The van der Waals surface area contributed by atoms with Crippen molar-refractivity contribution < 1.29 is 9.53 Å². The highest BCUT2D eigenvalue weighted by Crippen LogP contribution is 2.11. The van der Waals surface area contributed by atoms with Crippen molar-refractivity contribution in [1.82, 2.24) is 10.2 Å². The second-order valence-corrected chi connectivity index (χ2v) is 3.56. The minimum absolute atomic E-state index is 0.245. The minimum Gasteiger partial charge on any atom is -0.377 e. The molecule has 1 heterocycles. The minimum atomic E-state index is 0.245. The highest BCUT2D eigenvalue weighted by Gasteiger charge is 2.25. The van der Waals surface area contributed by atoms with Gasteiger partial charge in [-0.1, -0.05) is 6.92 Å². The largest absolute Gasteiger partial charge is 0.377 e. The molecule has 0 aromatic carbocycles. The summed E-state index contributed by atoms with van der Waals surface area (Å²) in [5.41, 5.74) is 0. The summed E-state index contributed by atoms with van der Waals surface area (Å²) >= 11 is 0. The van der Waals surface area contributed by atoms with E-state index in [1.54, 1.807) is 0 Å². The average molecular weight is 200 g/mol. The summed E-state index contributed by atoms with van der Waals surface area (Å²) in [6.45, 7) is 4.96. The SMILES string of the molecule is CCC(=O)N1CCOCC1CCNC. The highest BCUT2D eigenvalue weighted by molar-refractivity contribution is 5.76. The van der Waals surface area contributed by atoms with Gasteiger partial charge in [-0.05, 0) is 20.0 Å². The van der Waals surface area contributed by atoms with E-state index in [2.05, 4.69) is 5.32 Å². The van der Waals surface area contributed by atoms with Gasteiger partial charge in [0.05, 0.1) is 19.3 Å². The number of nitrogens with zero attached hydrogens (tertiary/aromatic N) is 1. The normalized spacial score (nSPS) is 22.4. The van der Waals surface area contributed by atoms with Gasteiger partial charge >= 0.3 is 0 Å². The molecule has 1 amide bonds. The van der Waals surface area contributed by atoms with Gasteiger partial charge in [-0.15, -0.1) is 0 Å². The number of morpholine rings is 1. The van der Waals surface area contributed by atoms with Crippen molar-refractivity contribution in [3.8, 4) is 0 Å². The Hall–Kier alpha value is -0.610. The van der Waals surface area contributed by atoms with Gasteiger partial charge in [0, 0.05) is 13.0 Å². The summed E-state index contributed by atoms with van der Waals surface area (Å²) in [4.78, 5) is 13.5. The van der Waals surface area contributed by atoms with Crippen LogP contribution in [0.5, 0.6) is 0 Å². The van der Waals surface area contributed by atoms with Crippen LogP contribution in [0, 0.1) is 0 Å². The fourth-order valence-corrected chi connectivity index (χ4v) is 1.74. The number of carbonyl (C=O) groups is 1. The lowest BCUT2D eigenvalue weighted by molar-refractivity contribution is -0.139. The molecule has 1 rings (SSSR count). The van der Waals surface area contributed by atoms with E-state index in [0.29, 0.717) is 19.6 Å². The smallest absolute Gasteiger partial charge is 0.222 e. The quantitative estimate of drug-likeness (QED) is 0.706. The molecule has 0 bridgehead atoms. The Morgan fingerprint density at radius 1 is 1.64 bits per heavy atom. The van der Waals surface area contributed by atoms with Crippen molar-refractivity contribution in [3.05, 3.63) is 0 Å². The molecule has 0 saturated carbocycles. The molecule has 1 N–H and O–H groups in total. The Morgan fingerprint density at radius 2 is 2.43 bits per heavy atom. The van der Waals surface area contributed by atoms with Gasteiger partial charge in [0.1, 0.15) is 0 Å². The van der Waals surface area contributed by atoms with Crippen LogP contribution in [-0.4, -0.2) is 50.2 Å². The molecular formula is C10H20N2O2. The van der Waals surface area contributed by atoms with E-state index in [9.17, 15) is 4.79 Å². The second kappa shape index (κ2) is 5.98. The number of carbonyl (C=O) groups excluding carboxylic acids is 1. The standard InChI is InChI=1S/C10H20N2O2/c1-3-10(13)12-6-7-14-8-9(12)4-5-11-2/h9,11H,3-8H2,1-2H3. The molecule has 82 valence electrons. The van der Waals surface area contributed by atoms with E-state index in [-0.39, 0.29) is 11.9 Å². The molecule has 0 aromatic rings. The van der Waals surface area contributed by atoms with Crippen molar-refractivity contribution in [2.45, 2.75) is 25.8 Å². The zero-order valence-corrected chi connectivity index (χ0v) is 9.08. The van der Waals surface area contributed by atoms with E-state index in [4.69, 9.17) is 4.74 Å². The number of hydrogen-bond acceptors (Lipinski definition) is 3. The van der Waals surface area contributed by atoms with E-state index < -0.39 is 0 Å². The molecule has 0 radical (unpaired) electrons. The molecule has 1 unspecified atom stereocenters. The highest BCUT2D eigenvalue weighted by atomic mass is 16.5. The zero-order chi connectivity index (χ0) is 10.4. The van der Waals surface area contributed by atoms with Gasteiger partial charge in [-0.25, -0.2) is 0 Å². The number of amides is 1. The van der Waals surface area contributed by atoms with Gasteiger partial charge in [0.15, 0.2) is 0 Å². The topological polar surface area (TPSA) is 41.6 Å². The number of ether oxygens (including phenoxy) is 1.